The highest BCUT2D eigenvalue weighted by Gasteiger charge is 2.59. The number of aromatic hydroxyl groups is 32. The molecule has 34 N–H and O–H groups in total. The topological polar surface area (TPSA) is 994 Å². The third-order valence-corrected chi connectivity index (χ3v) is 23.4. The predicted molar refractivity (Wildman–Crippen MR) is 451 cm³/mol. The fraction of sp³-hybridized carbons (Fsp3) is 0.124. The predicted octanol–water partition coefficient (Wildman–Crippen LogP) is 4.03. The number of carboxylic acid groups (broad SMARTS) is 2. The first-order chi connectivity index (χ1) is 68.5. The number of aliphatic carboxylic acids is 1. The number of fused-ring (bicyclic) bond motifs is 13. The van der Waals surface area contributed by atoms with Crippen LogP contribution in [0.5, 0.6) is 195 Å². The second kappa shape index (κ2) is 34.9. The van der Waals surface area contributed by atoms with Gasteiger partial charge in [-0.15, -0.1) is 0 Å². The molecule has 0 unspecified atom stereocenters. The van der Waals surface area contributed by atoms with Crippen molar-refractivity contribution >= 4 is 71.6 Å². The van der Waals surface area contributed by atoms with E-state index in [0.29, 0.717) is 0 Å². The van der Waals surface area contributed by atoms with Gasteiger partial charge < -0.3 is 226 Å². The Morgan fingerprint density at radius 1 is 0.247 bits per heavy atom. The van der Waals surface area contributed by atoms with Crippen molar-refractivity contribution < 1.29 is 283 Å². The Kier molecular flexibility index (Phi) is 23.3. The van der Waals surface area contributed by atoms with E-state index >= 15 is 38.4 Å². The fourth-order valence-electron chi connectivity index (χ4n) is 16.6. The molecule has 5 aliphatic rings. The number of carbonyl (C=O) groups is 12. The lowest BCUT2D eigenvalue weighted by atomic mass is 9.73. The van der Waals surface area contributed by atoms with Crippen LogP contribution in [0.4, 0.5) is 0 Å². The average molecular weight is 2040 g/mol. The summed E-state index contributed by atoms with van der Waals surface area (Å²) in [4.78, 5) is 184. The molecule has 756 valence electrons. The van der Waals surface area contributed by atoms with Crippen LogP contribution in [0.3, 0.4) is 0 Å². The van der Waals surface area contributed by atoms with Crippen molar-refractivity contribution in [3.8, 4) is 240 Å². The second-order valence-corrected chi connectivity index (χ2v) is 31.7. The van der Waals surface area contributed by atoms with Gasteiger partial charge in [0.15, 0.2) is 175 Å². The Hall–Kier alpha value is -21.5. The van der Waals surface area contributed by atoms with E-state index < -0.39 is 452 Å². The zero-order valence-electron chi connectivity index (χ0n) is 71.1. The Labute approximate surface area is 799 Å². The number of hydrogen-bond donors (Lipinski definition) is 34. The molecule has 2 bridgehead atoms. The van der Waals surface area contributed by atoms with Crippen molar-refractivity contribution in [3.05, 3.63) is 139 Å². The third-order valence-electron chi connectivity index (χ3n) is 23.4. The Morgan fingerprint density at radius 3 is 0.938 bits per heavy atom. The van der Waals surface area contributed by atoms with Crippen molar-refractivity contribution in [2.24, 2.45) is 0 Å². The summed E-state index contributed by atoms with van der Waals surface area (Å²) in [6.45, 7) is -4.39. The van der Waals surface area contributed by atoms with Crippen LogP contribution in [0.15, 0.2) is 66.7 Å². The molecule has 0 saturated heterocycles. The maximum atomic E-state index is 16.8. The largest absolute Gasteiger partial charge is 0.504 e. The number of carbonyl (C=O) groups excluding carboxylic acids is 10. The molecule has 0 saturated carbocycles. The first kappa shape index (κ1) is 97.5. The molecule has 57 heteroatoms. The molecule has 0 aromatic heterocycles. The highest BCUT2D eigenvalue weighted by molar-refractivity contribution is 6.15. The molecule has 0 spiro atoms. The molecule has 16 rings (SSSR count). The van der Waals surface area contributed by atoms with Crippen LogP contribution in [-0.2, 0) is 52.2 Å². The molecular weight excluding hydrogens is 1980 g/mol. The summed E-state index contributed by atoms with van der Waals surface area (Å²) in [5.74, 6) is -93.0. The summed E-state index contributed by atoms with van der Waals surface area (Å²) in [7, 11) is 0. The number of esters is 10. The minimum absolute atomic E-state index is 0.0331. The number of phenols is 32. The zero-order chi connectivity index (χ0) is 107. The Bertz CT molecular complexity index is 7770. The van der Waals surface area contributed by atoms with E-state index in [9.17, 15) is 193 Å². The molecule has 0 amide bonds. The lowest BCUT2D eigenvalue weighted by Gasteiger charge is -2.43. The van der Waals surface area contributed by atoms with Crippen molar-refractivity contribution in [1.82, 2.24) is 0 Å². The number of aromatic carboxylic acids is 1. The van der Waals surface area contributed by atoms with Gasteiger partial charge in [-0.3, -0.25) is 0 Å². The molecule has 5 aliphatic heterocycles. The van der Waals surface area contributed by atoms with Gasteiger partial charge in [0, 0.05) is 67.8 Å². The van der Waals surface area contributed by atoms with E-state index in [1.54, 1.807) is 0 Å². The maximum absolute atomic E-state index is 16.8. The summed E-state index contributed by atoms with van der Waals surface area (Å²) < 4.78 is 62.9. The number of benzene rings is 11. The average Bonchev–Trinajstić information content (AvgIpc) is 0.719. The smallest absolute Gasteiger partial charge is 0.349 e. The molecule has 11 aromatic rings. The fourth-order valence-corrected chi connectivity index (χ4v) is 16.6. The van der Waals surface area contributed by atoms with Crippen LogP contribution in [0.25, 0.3) is 44.5 Å². The van der Waals surface area contributed by atoms with Gasteiger partial charge >= 0.3 is 71.6 Å². The molecule has 9 atom stereocenters. The second-order valence-electron chi connectivity index (χ2n) is 31.7. The molecule has 0 radical (unpaired) electrons. The lowest BCUT2D eigenvalue weighted by Crippen LogP contribution is -2.56. The van der Waals surface area contributed by atoms with Crippen LogP contribution in [0, 0.1) is 0 Å². The summed E-state index contributed by atoms with van der Waals surface area (Å²) in [5.41, 5.74) is -34.3. The van der Waals surface area contributed by atoms with Crippen molar-refractivity contribution in [1.29, 1.82) is 0 Å². The number of cyclic esters (lactones) is 7. The standard InChI is InChI=1S/C89H58O57/c90-24-1-14(2-25(91)49(24)100)80(126)139-35-12-136-81(127)15-3-26(92)50(101)59(110)37(15)38-16(4-27(93)51(102)60(38)111)84(130)141-72(35)75-74-47(46-48(89(135)143-74)45(67(118)69(120)68(46)119)43-20(87(133)144-75)8-31(97)55(106)64(43)115)44-21(9-32(98)56(107)65(44)116)83(129)140-36-13-137-82(128)22-11-34(138-71-23(78(122)123)10-33(99)57(108)70(71)121)58(109)66(117)42(22)41-17(5-28(94)54(105)63(41)114)85(131)142-73(36)76-77(79(124)125)146-88(134)19-7-30(96)53(104)62(113)40(19)39-18(86(132)145-76)6-29(95)52(103)61(39)112/h1-11,35-36,47,72-77,90-121H,12-13H2,(H,122,123)(H,124,125)/t35-,36-,47+,72-,73-,74+,75+,76+,77-/m1/s1. The molecule has 5 heterocycles. The van der Waals surface area contributed by atoms with Gasteiger partial charge in [0.1, 0.15) is 18.8 Å². The van der Waals surface area contributed by atoms with E-state index in [1.807, 2.05) is 0 Å². The van der Waals surface area contributed by atoms with Crippen LogP contribution in [0.2, 0.25) is 0 Å². The molecule has 11 aromatic carbocycles. The molecular formula is C89H58O57. The first-order valence-corrected chi connectivity index (χ1v) is 40.1. The number of carboxylic acids is 2. The summed E-state index contributed by atoms with van der Waals surface area (Å²) >= 11 is 0. The van der Waals surface area contributed by atoms with Gasteiger partial charge in [-0.1, -0.05) is 0 Å². The van der Waals surface area contributed by atoms with Gasteiger partial charge in [-0.2, -0.15) is 0 Å². The van der Waals surface area contributed by atoms with E-state index in [-0.39, 0.29) is 66.7 Å². The normalized spacial score (nSPS) is 18.5. The summed E-state index contributed by atoms with van der Waals surface area (Å²) in [6.07, 6.45) is -29.0. The monoisotopic (exact) mass is 2040 g/mol. The van der Waals surface area contributed by atoms with Gasteiger partial charge in [-0.25, -0.2) is 57.5 Å². The SMILES string of the molecule is O=C(O[C@@H]1COC(=O)c2cc(O)c(O)c(O)c2-c2c(cc(O)c(O)c2O)C(=O)O[C@H]1[C@@H]1OC(=O)c2cc(O)c(O)c(O)c2-c2c(O)c(O)c(O)c3c2C(=O)O[C@H]1[C@H]3c1c(C(=O)O[C@@H]2COC(=O)c3cc(Oc4c(C(=O)O)cc(O)c(O)c4O)c(O)c(O)c3-c3c(cc(O)c(O)c3O)C(=O)O[C@H]2[C@@H]2OC(=O)c3cc(O)c(O)c(O)c3-c3c(cc(O)c(O)c3O)C(=O)O[C@H]2C(=O)O)cc(O)c(O)c1O)c1cc(O)c(O)c(O)c1. The van der Waals surface area contributed by atoms with Gasteiger partial charge in [-0.05, 0) is 54.6 Å². The van der Waals surface area contributed by atoms with Gasteiger partial charge in [0.05, 0.1) is 61.6 Å². The maximum Gasteiger partial charge on any atom is 0.349 e. The molecule has 146 heavy (non-hydrogen) atoms. The third kappa shape index (κ3) is 15.2. The lowest BCUT2D eigenvalue weighted by molar-refractivity contribution is -0.167. The van der Waals surface area contributed by atoms with Crippen molar-refractivity contribution in [2.75, 3.05) is 13.2 Å². The summed E-state index contributed by atoms with van der Waals surface area (Å²) in [5, 5.41) is 388. The molecule has 0 fully saturated rings. The van der Waals surface area contributed by atoms with E-state index in [0.717, 1.165) is 0 Å². The summed E-state index contributed by atoms with van der Waals surface area (Å²) in [6, 6.07) is 0.961. The zero-order valence-corrected chi connectivity index (χ0v) is 71.1. The van der Waals surface area contributed by atoms with Crippen LogP contribution < -0.4 is 4.74 Å². The van der Waals surface area contributed by atoms with Gasteiger partial charge in [0.25, 0.3) is 0 Å². The van der Waals surface area contributed by atoms with Crippen LogP contribution >= 0.6 is 0 Å². The highest BCUT2D eigenvalue weighted by Crippen LogP contribution is 2.64. The van der Waals surface area contributed by atoms with E-state index in [2.05, 4.69) is 0 Å². The minimum atomic E-state index is -3.78. The van der Waals surface area contributed by atoms with E-state index in [1.165, 1.54) is 0 Å². The van der Waals surface area contributed by atoms with Gasteiger partial charge in [0.2, 0.25) is 69.3 Å². The van der Waals surface area contributed by atoms with Crippen LogP contribution in [-0.4, -0.2) is 307 Å². The highest BCUT2D eigenvalue weighted by atomic mass is 16.7. The van der Waals surface area contributed by atoms with Crippen LogP contribution in [0.1, 0.15) is 131 Å². The quantitative estimate of drug-likeness (QED) is 0.0494. The van der Waals surface area contributed by atoms with Crippen molar-refractivity contribution in [3.63, 3.8) is 0 Å². The van der Waals surface area contributed by atoms with E-state index in [4.69, 9.17) is 52.1 Å². The first-order valence-electron chi connectivity index (χ1n) is 40.1. The Balaban J connectivity index is 0.981. The number of rotatable bonds is 11. The molecule has 57 nitrogen and oxygen atoms in total. The van der Waals surface area contributed by atoms with Crippen molar-refractivity contribution in [2.45, 2.75) is 54.7 Å². The molecule has 0 aliphatic carbocycles. The minimum Gasteiger partial charge on any atom is -0.504 e. The number of hydrogen-bond acceptors (Lipinski definition) is 55. The number of ether oxygens (including phenoxy) is 11. The Morgan fingerprint density at radius 2 is 0.541 bits per heavy atom. The number of phenolic OH excluding ortho intramolecular Hbond substituents is 32.